The molecule has 1 heterocycles. The Morgan fingerprint density at radius 3 is 2.67 bits per heavy atom. The molecule has 1 aromatic heterocycles. The first-order valence-electron chi connectivity index (χ1n) is 5.15. The summed E-state index contributed by atoms with van der Waals surface area (Å²) in [5, 5.41) is 8.29. The Morgan fingerprint density at radius 1 is 1.28 bits per heavy atom. The molecule has 0 saturated carbocycles. The zero-order chi connectivity index (χ0) is 13.0. The predicted octanol–water partition coefficient (Wildman–Crippen LogP) is 2.34. The van der Waals surface area contributed by atoms with E-state index in [9.17, 15) is 0 Å². The van der Waals surface area contributed by atoms with E-state index in [2.05, 4.69) is 10.2 Å². The third kappa shape index (κ3) is 3.15. The Hall–Kier alpha value is -1.72. The van der Waals surface area contributed by atoms with Crippen LogP contribution in [0.15, 0.2) is 36.5 Å². The van der Waals surface area contributed by atoms with Crippen molar-refractivity contribution in [1.29, 1.82) is 0 Å². The minimum atomic E-state index is 0.232. The molecule has 0 spiro atoms. The van der Waals surface area contributed by atoms with E-state index in [1.807, 2.05) is 12.1 Å². The van der Waals surface area contributed by atoms with Crippen molar-refractivity contribution in [3.8, 4) is 5.88 Å². The summed E-state index contributed by atoms with van der Waals surface area (Å²) in [6.45, 7) is 0.353. The number of hydrogen-bond acceptors (Lipinski definition) is 4. The van der Waals surface area contributed by atoms with Crippen LogP contribution in [0.1, 0.15) is 11.1 Å². The molecule has 0 saturated heterocycles. The van der Waals surface area contributed by atoms with E-state index in [-0.39, 0.29) is 4.99 Å². The van der Waals surface area contributed by atoms with Crippen molar-refractivity contribution in [2.24, 2.45) is 5.73 Å². The maximum atomic E-state index is 5.80. The van der Waals surface area contributed by atoms with Gasteiger partial charge in [0.1, 0.15) is 11.6 Å². The molecular weight excluding hydrogens is 270 g/mol. The molecule has 2 rings (SSSR count). The zero-order valence-corrected chi connectivity index (χ0v) is 10.9. The number of thiocarbonyl (C=S) groups is 1. The average molecular weight is 280 g/mol. The Balaban J connectivity index is 2.10. The molecule has 0 fully saturated rings. The monoisotopic (exact) mass is 279 g/mol. The molecule has 6 heteroatoms. The van der Waals surface area contributed by atoms with E-state index < -0.39 is 0 Å². The van der Waals surface area contributed by atoms with E-state index in [1.165, 1.54) is 6.20 Å². The smallest absolute Gasteiger partial charge is 0.244 e. The Bertz CT molecular complexity index is 560. The molecule has 2 aromatic rings. The first-order valence-corrected chi connectivity index (χ1v) is 5.94. The van der Waals surface area contributed by atoms with Crippen LogP contribution in [-0.4, -0.2) is 15.2 Å². The largest absolute Gasteiger partial charge is 0.471 e. The summed E-state index contributed by atoms with van der Waals surface area (Å²) < 4.78 is 5.54. The molecule has 0 aliphatic rings. The van der Waals surface area contributed by atoms with Gasteiger partial charge in [-0.05, 0) is 23.8 Å². The fraction of sp³-hybridized carbons (Fsp3) is 0.0833. The lowest BCUT2D eigenvalue weighted by molar-refractivity contribution is 0.289. The number of hydrogen-bond donors (Lipinski definition) is 1. The van der Waals surface area contributed by atoms with Gasteiger partial charge in [0.2, 0.25) is 5.88 Å². The van der Waals surface area contributed by atoms with Crippen LogP contribution in [0, 0.1) is 0 Å². The Labute approximate surface area is 115 Å². The predicted molar refractivity (Wildman–Crippen MR) is 73.7 cm³/mol. The number of benzene rings is 1. The van der Waals surface area contributed by atoms with E-state index in [0.717, 1.165) is 5.56 Å². The van der Waals surface area contributed by atoms with Crippen LogP contribution in [0.5, 0.6) is 5.88 Å². The van der Waals surface area contributed by atoms with Crippen LogP contribution >= 0.6 is 23.8 Å². The molecule has 0 amide bonds. The van der Waals surface area contributed by atoms with Gasteiger partial charge in [0.15, 0.2) is 0 Å². The first kappa shape index (κ1) is 12.7. The molecule has 2 N–H and O–H groups in total. The maximum Gasteiger partial charge on any atom is 0.244 e. The number of halogens is 1. The molecule has 92 valence electrons. The topological polar surface area (TPSA) is 61.0 Å². The van der Waals surface area contributed by atoms with Crippen LogP contribution in [0.2, 0.25) is 5.02 Å². The second-order valence-electron chi connectivity index (χ2n) is 3.53. The van der Waals surface area contributed by atoms with Crippen LogP contribution in [-0.2, 0) is 6.61 Å². The quantitative estimate of drug-likeness (QED) is 0.871. The fourth-order valence-corrected chi connectivity index (χ4v) is 1.63. The van der Waals surface area contributed by atoms with E-state index in [4.69, 9.17) is 34.3 Å². The fourth-order valence-electron chi connectivity index (χ4n) is 1.35. The van der Waals surface area contributed by atoms with Crippen LogP contribution < -0.4 is 10.5 Å². The molecule has 0 aliphatic heterocycles. The minimum absolute atomic E-state index is 0.232. The summed E-state index contributed by atoms with van der Waals surface area (Å²) in [6, 6.07) is 9.02. The van der Waals surface area contributed by atoms with Crippen molar-refractivity contribution >= 4 is 28.8 Å². The molecule has 0 unspecified atom stereocenters. The molecule has 4 nitrogen and oxygen atoms in total. The number of ether oxygens (including phenoxy) is 1. The van der Waals surface area contributed by atoms with Gasteiger partial charge < -0.3 is 10.5 Å². The van der Waals surface area contributed by atoms with Gasteiger partial charge in [-0.1, -0.05) is 36.0 Å². The zero-order valence-electron chi connectivity index (χ0n) is 9.34. The second-order valence-corrected chi connectivity index (χ2v) is 4.41. The number of aromatic nitrogens is 2. The molecule has 1 aromatic carbocycles. The summed E-state index contributed by atoms with van der Waals surface area (Å²) in [6.07, 6.45) is 1.52. The molecule has 0 bridgehead atoms. The van der Waals surface area contributed by atoms with E-state index >= 15 is 0 Å². The Kier molecular flexibility index (Phi) is 4.07. The highest BCUT2D eigenvalue weighted by molar-refractivity contribution is 7.80. The van der Waals surface area contributed by atoms with Gasteiger partial charge in [-0.25, -0.2) is 0 Å². The van der Waals surface area contributed by atoms with Crippen molar-refractivity contribution in [1.82, 2.24) is 10.2 Å². The minimum Gasteiger partial charge on any atom is -0.471 e. The van der Waals surface area contributed by atoms with E-state index in [0.29, 0.717) is 23.1 Å². The summed E-state index contributed by atoms with van der Waals surface area (Å²) in [7, 11) is 0. The molecule has 18 heavy (non-hydrogen) atoms. The molecular formula is C12H10ClN3OS. The average Bonchev–Trinajstić information content (AvgIpc) is 2.38. The highest BCUT2D eigenvalue weighted by Gasteiger charge is 2.08. The Morgan fingerprint density at radius 2 is 2.00 bits per heavy atom. The summed E-state index contributed by atoms with van der Waals surface area (Å²) in [5.74, 6) is 0.333. The lowest BCUT2D eigenvalue weighted by Crippen LogP contribution is -2.13. The number of nitrogens with zero attached hydrogens (tertiary/aromatic N) is 2. The SMILES string of the molecule is NC(=S)c1ccnnc1OCc1ccc(Cl)cc1. The van der Waals surface area contributed by atoms with Gasteiger partial charge >= 0.3 is 0 Å². The lowest BCUT2D eigenvalue weighted by atomic mass is 10.2. The van der Waals surface area contributed by atoms with Crippen molar-refractivity contribution in [3.63, 3.8) is 0 Å². The van der Waals surface area contributed by atoms with Crippen molar-refractivity contribution in [2.45, 2.75) is 6.61 Å². The maximum absolute atomic E-state index is 5.80. The first-order chi connectivity index (χ1) is 8.66. The van der Waals surface area contributed by atoms with E-state index in [1.54, 1.807) is 18.2 Å². The lowest BCUT2D eigenvalue weighted by Gasteiger charge is -2.08. The summed E-state index contributed by atoms with van der Waals surface area (Å²) in [4.78, 5) is 0.232. The van der Waals surface area contributed by atoms with Crippen molar-refractivity contribution in [3.05, 3.63) is 52.7 Å². The van der Waals surface area contributed by atoms with Crippen LogP contribution in [0.4, 0.5) is 0 Å². The van der Waals surface area contributed by atoms with Crippen molar-refractivity contribution < 1.29 is 4.74 Å². The molecule has 0 radical (unpaired) electrons. The standard InChI is InChI=1S/C12H10ClN3OS/c13-9-3-1-8(2-4-9)7-17-12-10(11(14)18)5-6-15-16-12/h1-6H,7H2,(H2,14,18). The van der Waals surface area contributed by atoms with Gasteiger partial charge in [0.05, 0.1) is 11.8 Å². The number of nitrogens with two attached hydrogens (primary N) is 1. The molecule has 0 atom stereocenters. The summed E-state index contributed by atoms with van der Waals surface area (Å²) >= 11 is 10.7. The summed E-state index contributed by atoms with van der Waals surface area (Å²) in [5.41, 5.74) is 7.12. The third-order valence-corrected chi connectivity index (χ3v) is 2.71. The van der Waals surface area contributed by atoms with Gasteiger partial charge in [0, 0.05) is 5.02 Å². The molecule has 0 aliphatic carbocycles. The highest BCUT2D eigenvalue weighted by atomic mass is 35.5. The normalized spacial score (nSPS) is 10.1. The van der Waals surface area contributed by atoms with Gasteiger partial charge in [-0.2, -0.15) is 5.10 Å². The van der Waals surface area contributed by atoms with Gasteiger partial charge in [-0.15, -0.1) is 5.10 Å². The third-order valence-electron chi connectivity index (χ3n) is 2.24. The van der Waals surface area contributed by atoms with Gasteiger partial charge in [0.25, 0.3) is 0 Å². The van der Waals surface area contributed by atoms with Crippen molar-refractivity contribution in [2.75, 3.05) is 0 Å². The second kappa shape index (κ2) is 5.75. The van der Waals surface area contributed by atoms with Crippen LogP contribution in [0.25, 0.3) is 0 Å². The number of rotatable bonds is 4. The van der Waals surface area contributed by atoms with Gasteiger partial charge in [-0.3, -0.25) is 0 Å². The van der Waals surface area contributed by atoms with Crippen LogP contribution in [0.3, 0.4) is 0 Å². The highest BCUT2D eigenvalue weighted by Crippen LogP contribution is 2.16.